The zero-order valence-electron chi connectivity index (χ0n) is 9.22. The number of methoxy groups -OCH3 is 1. The molecule has 0 atom stereocenters. The summed E-state index contributed by atoms with van der Waals surface area (Å²) in [5.74, 6) is 0.956. The van der Waals surface area contributed by atoms with Crippen molar-refractivity contribution >= 4 is 11.6 Å². The minimum Gasteiger partial charge on any atom is -0.496 e. The molecule has 0 aliphatic rings. The van der Waals surface area contributed by atoms with Crippen LogP contribution in [0.15, 0.2) is 42.6 Å². The van der Waals surface area contributed by atoms with Crippen molar-refractivity contribution in [3.8, 4) is 5.75 Å². The molecule has 4 heteroatoms. The third-order valence-corrected chi connectivity index (χ3v) is 2.05. The second kappa shape index (κ2) is 6.80. The number of rotatable bonds is 1. The Morgan fingerprint density at radius 2 is 1.88 bits per heavy atom. The molecular formula is C12H13ClN2O. The Kier molecular flexibility index (Phi) is 5.29. The highest BCUT2D eigenvalue weighted by atomic mass is 35.5. The molecule has 0 saturated heterocycles. The van der Waals surface area contributed by atoms with E-state index in [1.165, 1.54) is 5.56 Å². The lowest BCUT2D eigenvalue weighted by molar-refractivity contribution is 0.411. The number of aryl methyl sites for hydroxylation is 1. The topological polar surface area (TPSA) is 35.0 Å². The van der Waals surface area contributed by atoms with Crippen molar-refractivity contribution < 1.29 is 4.74 Å². The predicted octanol–water partition coefficient (Wildman–Crippen LogP) is 3.13. The molecule has 0 saturated carbocycles. The molecule has 2 aromatic rings. The summed E-state index contributed by atoms with van der Waals surface area (Å²) in [5, 5.41) is 7.43. The van der Waals surface area contributed by atoms with Crippen LogP contribution in [-0.2, 0) is 0 Å². The second-order valence-electron chi connectivity index (χ2n) is 3.02. The summed E-state index contributed by atoms with van der Waals surface area (Å²) in [6.45, 7) is 2.03. The fourth-order valence-corrected chi connectivity index (χ4v) is 1.18. The van der Waals surface area contributed by atoms with Crippen LogP contribution in [0.4, 0.5) is 0 Å². The van der Waals surface area contributed by atoms with E-state index in [9.17, 15) is 0 Å². The quantitative estimate of drug-likeness (QED) is 0.763. The number of benzene rings is 1. The van der Waals surface area contributed by atoms with Crippen LogP contribution >= 0.6 is 11.6 Å². The van der Waals surface area contributed by atoms with Gasteiger partial charge in [-0.2, -0.15) is 5.10 Å². The molecule has 1 heterocycles. The van der Waals surface area contributed by atoms with Crippen LogP contribution in [0.1, 0.15) is 5.56 Å². The summed E-state index contributed by atoms with van der Waals surface area (Å²) in [5.41, 5.74) is 1.18. The fourth-order valence-electron chi connectivity index (χ4n) is 1.07. The second-order valence-corrected chi connectivity index (χ2v) is 3.40. The Bertz CT molecular complexity index is 420. The van der Waals surface area contributed by atoms with Crippen molar-refractivity contribution in [3.63, 3.8) is 0 Å². The summed E-state index contributed by atoms with van der Waals surface area (Å²) in [6, 6.07) is 11.3. The van der Waals surface area contributed by atoms with Crippen LogP contribution in [0, 0.1) is 6.92 Å². The summed E-state index contributed by atoms with van der Waals surface area (Å²) < 4.78 is 5.04. The van der Waals surface area contributed by atoms with Crippen molar-refractivity contribution in [2.75, 3.05) is 7.11 Å². The minimum atomic E-state index is 0.433. The van der Waals surface area contributed by atoms with Gasteiger partial charge in [0.05, 0.1) is 7.11 Å². The Balaban J connectivity index is 0.000000165. The third kappa shape index (κ3) is 4.28. The lowest BCUT2D eigenvalue weighted by atomic mass is 10.2. The highest BCUT2D eigenvalue weighted by Gasteiger charge is 1.90. The van der Waals surface area contributed by atoms with E-state index in [-0.39, 0.29) is 0 Å². The van der Waals surface area contributed by atoms with Crippen molar-refractivity contribution in [3.05, 3.63) is 53.3 Å². The average Bonchev–Trinajstić information content (AvgIpc) is 2.31. The molecule has 1 aromatic carbocycles. The maximum absolute atomic E-state index is 5.37. The molecule has 0 aliphatic heterocycles. The van der Waals surface area contributed by atoms with Gasteiger partial charge in [-0.15, -0.1) is 5.10 Å². The number of aromatic nitrogens is 2. The van der Waals surface area contributed by atoms with Gasteiger partial charge in [-0.05, 0) is 30.7 Å². The number of halogens is 1. The smallest absolute Gasteiger partial charge is 0.151 e. The Morgan fingerprint density at radius 3 is 2.25 bits per heavy atom. The number of hydrogen-bond donors (Lipinski definition) is 0. The van der Waals surface area contributed by atoms with Crippen LogP contribution in [0.25, 0.3) is 0 Å². The van der Waals surface area contributed by atoms with E-state index in [1.807, 2.05) is 31.2 Å². The van der Waals surface area contributed by atoms with Crippen LogP contribution < -0.4 is 4.74 Å². The molecule has 0 aliphatic carbocycles. The Labute approximate surface area is 100 Å². The monoisotopic (exact) mass is 236 g/mol. The molecule has 0 fully saturated rings. The first-order valence-electron chi connectivity index (χ1n) is 4.77. The Hall–Kier alpha value is -1.61. The first kappa shape index (κ1) is 12.5. The van der Waals surface area contributed by atoms with E-state index in [0.29, 0.717) is 5.15 Å². The first-order chi connectivity index (χ1) is 7.74. The molecule has 0 N–H and O–H groups in total. The van der Waals surface area contributed by atoms with Gasteiger partial charge in [-0.1, -0.05) is 29.8 Å². The molecule has 0 bridgehead atoms. The Morgan fingerprint density at radius 1 is 1.12 bits per heavy atom. The van der Waals surface area contributed by atoms with Crippen molar-refractivity contribution in [1.29, 1.82) is 0 Å². The van der Waals surface area contributed by atoms with E-state index in [4.69, 9.17) is 16.3 Å². The van der Waals surface area contributed by atoms with E-state index >= 15 is 0 Å². The van der Waals surface area contributed by atoms with Crippen LogP contribution in [0.3, 0.4) is 0 Å². The van der Waals surface area contributed by atoms with Crippen molar-refractivity contribution in [2.45, 2.75) is 6.92 Å². The first-order valence-corrected chi connectivity index (χ1v) is 5.14. The molecule has 3 nitrogen and oxygen atoms in total. The van der Waals surface area contributed by atoms with Gasteiger partial charge < -0.3 is 4.74 Å². The largest absolute Gasteiger partial charge is 0.496 e. The molecule has 0 unspecified atom stereocenters. The average molecular weight is 237 g/mol. The van der Waals surface area contributed by atoms with Gasteiger partial charge in [-0.25, -0.2) is 0 Å². The third-order valence-electron chi connectivity index (χ3n) is 1.85. The minimum absolute atomic E-state index is 0.433. The van der Waals surface area contributed by atoms with Crippen LogP contribution in [-0.4, -0.2) is 17.3 Å². The lowest BCUT2D eigenvalue weighted by Gasteiger charge is -2.00. The molecule has 0 spiro atoms. The zero-order chi connectivity index (χ0) is 11.8. The molecular weight excluding hydrogens is 224 g/mol. The van der Waals surface area contributed by atoms with Crippen LogP contribution in [0.5, 0.6) is 5.75 Å². The van der Waals surface area contributed by atoms with E-state index in [0.717, 1.165) is 5.75 Å². The molecule has 0 radical (unpaired) electrons. The number of hydrogen-bond acceptors (Lipinski definition) is 3. The number of nitrogens with zero attached hydrogens (tertiary/aromatic N) is 2. The summed E-state index contributed by atoms with van der Waals surface area (Å²) in [6.07, 6.45) is 1.58. The standard InChI is InChI=1S/C8H10O.C4H3ClN2/c1-7-5-3-4-6-8(7)9-2;5-4-2-1-3-6-7-4/h3-6H,1-2H3;1-3H. The summed E-state index contributed by atoms with van der Waals surface area (Å²) in [7, 11) is 1.68. The van der Waals surface area contributed by atoms with E-state index in [1.54, 1.807) is 25.4 Å². The SMILES string of the molecule is COc1ccccc1C.Clc1cccnn1. The summed E-state index contributed by atoms with van der Waals surface area (Å²) >= 11 is 5.37. The normalized spacial score (nSPS) is 8.94. The van der Waals surface area contributed by atoms with Crippen molar-refractivity contribution in [1.82, 2.24) is 10.2 Å². The van der Waals surface area contributed by atoms with Gasteiger partial charge in [0.2, 0.25) is 0 Å². The molecule has 0 amide bonds. The van der Waals surface area contributed by atoms with Crippen molar-refractivity contribution in [2.24, 2.45) is 0 Å². The van der Waals surface area contributed by atoms with Gasteiger partial charge in [0, 0.05) is 6.20 Å². The number of ether oxygens (including phenoxy) is 1. The summed E-state index contributed by atoms with van der Waals surface area (Å²) in [4.78, 5) is 0. The molecule has 2 rings (SSSR count). The predicted molar refractivity (Wildman–Crippen MR) is 64.8 cm³/mol. The maximum atomic E-state index is 5.37. The molecule has 1 aromatic heterocycles. The lowest BCUT2D eigenvalue weighted by Crippen LogP contribution is -1.84. The van der Waals surface area contributed by atoms with Gasteiger partial charge in [-0.3, -0.25) is 0 Å². The van der Waals surface area contributed by atoms with E-state index in [2.05, 4.69) is 10.2 Å². The molecule has 16 heavy (non-hydrogen) atoms. The van der Waals surface area contributed by atoms with E-state index < -0.39 is 0 Å². The number of para-hydroxylation sites is 1. The highest BCUT2D eigenvalue weighted by Crippen LogP contribution is 2.14. The van der Waals surface area contributed by atoms with Gasteiger partial charge in [0.15, 0.2) is 5.15 Å². The van der Waals surface area contributed by atoms with Gasteiger partial charge in [0.25, 0.3) is 0 Å². The highest BCUT2D eigenvalue weighted by molar-refractivity contribution is 6.29. The van der Waals surface area contributed by atoms with Crippen LogP contribution in [0.2, 0.25) is 5.15 Å². The van der Waals surface area contributed by atoms with Gasteiger partial charge >= 0.3 is 0 Å². The zero-order valence-corrected chi connectivity index (χ0v) is 9.98. The fraction of sp³-hybridized carbons (Fsp3) is 0.167. The molecule has 84 valence electrons. The van der Waals surface area contributed by atoms with Gasteiger partial charge in [0.1, 0.15) is 5.75 Å². The maximum Gasteiger partial charge on any atom is 0.151 e.